The predicted octanol–water partition coefficient (Wildman–Crippen LogP) is 4.62. The monoisotopic (exact) mass is 472 g/mol. The van der Waals surface area contributed by atoms with Gasteiger partial charge in [0, 0.05) is 34.8 Å². The Labute approximate surface area is 198 Å². The van der Waals surface area contributed by atoms with E-state index in [-0.39, 0.29) is 5.91 Å². The summed E-state index contributed by atoms with van der Waals surface area (Å²) in [6.07, 6.45) is 6.20. The number of amides is 1. The lowest BCUT2D eigenvalue weighted by molar-refractivity contribution is -0.111. The van der Waals surface area contributed by atoms with Crippen LogP contribution in [-0.4, -0.2) is 30.4 Å². The van der Waals surface area contributed by atoms with Crippen molar-refractivity contribution in [1.29, 1.82) is 0 Å². The van der Waals surface area contributed by atoms with Gasteiger partial charge in [-0.05, 0) is 35.9 Å². The molecule has 1 amide bonds. The lowest BCUT2D eigenvalue weighted by Gasteiger charge is -2.06. The van der Waals surface area contributed by atoms with Crippen LogP contribution in [0.4, 0.5) is 11.4 Å². The standard InChI is InChI=1S/C26H24N4O3S/c1-34(32,33)29-24-15-13-23(14-16-24)27-25(31)17-12-22-19-30(18-20-8-4-2-5-9-20)28-26(22)21-10-6-3-7-11-21/h2-17,19,29H,18H2,1H3,(H,27,31)/b17-12+. The van der Waals surface area contributed by atoms with Crippen LogP contribution in [0.1, 0.15) is 11.1 Å². The zero-order valence-electron chi connectivity index (χ0n) is 18.5. The van der Waals surface area contributed by atoms with Crippen LogP contribution in [0.5, 0.6) is 0 Å². The molecule has 0 aliphatic rings. The Kier molecular flexibility index (Phi) is 6.89. The number of anilines is 2. The summed E-state index contributed by atoms with van der Waals surface area (Å²) in [5, 5.41) is 7.53. The third-order valence-corrected chi connectivity index (χ3v) is 5.50. The zero-order chi connectivity index (χ0) is 24.0. The summed E-state index contributed by atoms with van der Waals surface area (Å²) < 4.78 is 26.9. The molecule has 0 saturated carbocycles. The lowest BCUT2D eigenvalue weighted by Crippen LogP contribution is -2.10. The zero-order valence-corrected chi connectivity index (χ0v) is 19.4. The van der Waals surface area contributed by atoms with Gasteiger partial charge in [-0.2, -0.15) is 5.10 Å². The van der Waals surface area contributed by atoms with Gasteiger partial charge in [0.05, 0.1) is 18.5 Å². The highest BCUT2D eigenvalue weighted by atomic mass is 32.2. The van der Waals surface area contributed by atoms with E-state index in [1.807, 2.05) is 71.5 Å². The molecule has 0 radical (unpaired) electrons. The molecule has 4 aromatic rings. The first-order valence-corrected chi connectivity index (χ1v) is 12.5. The van der Waals surface area contributed by atoms with Crippen molar-refractivity contribution in [3.63, 3.8) is 0 Å². The molecule has 0 spiro atoms. The predicted molar refractivity (Wildman–Crippen MR) is 136 cm³/mol. The Morgan fingerprint density at radius 1 is 0.912 bits per heavy atom. The maximum Gasteiger partial charge on any atom is 0.248 e. The molecule has 34 heavy (non-hydrogen) atoms. The minimum atomic E-state index is -3.35. The average molecular weight is 473 g/mol. The number of hydrogen-bond donors (Lipinski definition) is 2. The van der Waals surface area contributed by atoms with Gasteiger partial charge in [-0.3, -0.25) is 14.2 Å². The lowest BCUT2D eigenvalue weighted by atomic mass is 10.1. The van der Waals surface area contributed by atoms with Crippen molar-refractivity contribution in [1.82, 2.24) is 9.78 Å². The Morgan fingerprint density at radius 3 is 2.18 bits per heavy atom. The summed E-state index contributed by atoms with van der Waals surface area (Å²) in [7, 11) is -3.35. The van der Waals surface area contributed by atoms with Gasteiger partial charge in [-0.1, -0.05) is 60.7 Å². The highest BCUT2D eigenvalue weighted by molar-refractivity contribution is 7.92. The van der Waals surface area contributed by atoms with E-state index >= 15 is 0 Å². The molecule has 0 saturated heterocycles. The quantitative estimate of drug-likeness (QED) is 0.366. The van der Waals surface area contributed by atoms with E-state index in [9.17, 15) is 13.2 Å². The molecule has 0 atom stereocenters. The average Bonchev–Trinajstić information content (AvgIpc) is 3.22. The highest BCUT2D eigenvalue weighted by Crippen LogP contribution is 2.24. The SMILES string of the molecule is CS(=O)(=O)Nc1ccc(NC(=O)/C=C/c2cn(Cc3ccccc3)nc2-c2ccccc2)cc1. The number of nitrogens with zero attached hydrogens (tertiary/aromatic N) is 2. The molecule has 0 fully saturated rings. The van der Waals surface area contributed by atoms with Gasteiger partial charge in [-0.25, -0.2) is 8.42 Å². The van der Waals surface area contributed by atoms with Crippen LogP contribution in [0.25, 0.3) is 17.3 Å². The third-order valence-electron chi connectivity index (χ3n) is 4.89. The molecule has 0 bridgehead atoms. The molecule has 2 N–H and O–H groups in total. The molecule has 1 heterocycles. The largest absolute Gasteiger partial charge is 0.323 e. The van der Waals surface area contributed by atoms with Crippen molar-refractivity contribution in [2.45, 2.75) is 6.54 Å². The van der Waals surface area contributed by atoms with Crippen molar-refractivity contribution in [2.24, 2.45) is 0 Å². The minimum Gasteiger partial charge on any atom is -0.323 e. The number of aromatic nitrogens is 2. The van der Waals surface area contributed by atoms with Crippen LogP contribution in [0.15, 0.2) is 97.2 Å². The number of benzene rings is 3. The number of carbonyl (C=O) groups excluding carboxylic acids is 1. The van der Waals surface area contributed by atoms with Crippen LogP contribution in [0.2, 0.25) is 0 Å². The Morgan fingerprint density at radius 2 is 1.53 bits per heavy atom. The molecule has 4 rings (SSSR count). The van der Waals surface area contributed by atoms with Gasteiger partial charge < -0.3 is 5.32 Å². The molecular weight excluding hydrogens is 448 g/mol. The van der Waals surface area contributed by atoms with E-state index in [2.05, 4.69) is 10.0 Å². The molecule has 1 aromatic heterocycles. The Bertz CT molecular complexity index is 1400. The molecule has 0 aliphatic heterocycles. The summed E-state index contributed by atoms with van der Waals surface area (Å²) in [6.45, 7) is 0.620. The molecular formula is C26H24N4O3S. The maximum absolute atomic E-state index is 12.5. The van der Waals surface area contributed by atoms with Gasteiger partial charge in [0.1, 0.15) is 0 Å². The van der Waals surface area contributed by atoms with Crippen molar-refractivity contribution >= 4 is 33.4 Å². The fourth-order valence-corrected chi connectivity index (χ4v) is 3.98. The molecule has 172 valence electrons. The number of rotatable bonds is 8. The second kappa shape index (κ2) is 10.2. The first-order valence-electron chi connectivity index (χ1n) is 10.6. The Balaban J connectivity index is 1.51. The van der Waals surface area contributed by atoms with Crippen molar-refractivity contribution < 1.29 is 13.2 Å². The Hall–Kier alpha value is -4.17. The molecule has 8 heteroatoms. The van der Waals surface area contributed by atoms with Crippen LogP contribution in [0.3, 0.4) is 0 Å². The second-order valence-corrected chi connectivity index (χ2v) is 9.50. The number of hydrogen-bond acceptors (Lipinski definition) is 4. The maximum atomic E-state index is 12.5. The smallest absolute Gasteiger partial charge is 0.248 e. The van der Waals surface area contributed by atoms with Crippen molar-refractivity contribution in [2.75, 3.05) is 16.3 Å². The number of carbonyl (C=O) groups is 1. The number of nitrogens with one attached hydrogen (secondary N) is 2. The minimum absolute atomic E-state index is 0.307. The van der Waals surface area contributed by atoms with Crippen molar-refractivity contribution in [3.05, 3.63) is 108 Å². The first-order chi connectivity index (χ1) is 16.4. The summed E-state index contributed by atoms with van der Waals surface area (Å²) in [5.74, 6) is -0.307. The summed E-state index contributed by atoms with van der Waals surface area (Å²) in [4.78, 5) is 12.5. The highest BCUT2D eigenvalue weighted by Gasteiger charge is 2.10. The van der Waals surface area contributed by atoms with E-state index in [0.717, 1.165) is 28.6 Å². The van der Waals surface area contributed by atoms with Gasteiger partial charge in [0.25, 0.3) is 0 Å². The number of sulfonamides is 1. The van der Waals surface area contributed by atoms with Gasteiger partial charge >= 0.3 is 0 Å². The van der Waals surface area contributed by atoms with Gasteiger partial charge in [-0.15, -0.1) is 0 Å². The van der Waals surface area contributed by atoms with E-state index in [0.29, 0.717) is 17.9 Å². The van der Waals surface area contributed by atoms with Crippen molar-refractivity contribution in [3.8, 4) is 11.3 Å². The molecule has 7 nitrogen and oxygen atoms in total. The van der Waals surface area contributed by atoms with Crippen LogP contribution in [-0.2, 0) is 21.4 Å². The van der Waals surface area contributed by atoms with E-state index in [1.54, 1.807) is 30.3 Å². The fraction of sp³-hybridized carbons (Fsp3) is 0.0769. The molecule has 3 aromatic carbocycles. The van der Waals surface area contributed by atoms with E-state index in [1.165, 1.54) is 6.08 Å². The van der Waals surface area contributed by atoms with Crippen LogP contribution in [0, 0.1) is 0 Å². The molecule has 0 aliphatic carbocycles. The fourth-order valence-electron chi connectivity index (χ4n) is 3.42. The topological polar surface area (TPSA) is 93.1 Å². The summed E-state index contributed by atoms with van der Waals surface area (Å²) in [5.41, 5.74) is 4.68. The van der Waals surface area contributed by atoms with Gasteiger partial charge in [0.2, 0.25) is 15.9 Å². The summed E-state index contributed by atoms with van der Waals surface area (Å²) >= 11 is 0. The molecule has 0 unspecified atom stereocenters. The summed E-state index contributed by atoms with van der Waals surface area (Å²) in [6, 6.07) is 26.3. The third kappa shape index (κ3) is 6.43. The normalized spacial score (nSPS) is 11.4. The van der Waals surface area contributed by atoms with Gasteiger partial charge in [0.15, 0.2) is 0 Å². The van der Waals surface area contributed by atoms with Crippen LogP contribution < -0.4 is 10.0 Å². The van der Waals surface area contributed by atoms with E-state index in [4.69, 9.17) is 5.10 Å². The van der Waals surface area contributed by atoms with Crippen LogP contribution >= 0.6 is 0 Å². The second-order valence-electron chi connectivity index (χ2n) is 7.76. The first kappa shape index (κ1) is 23.0. The van der Waals surface area contributed by atoms with E-state index < -0.39 is 10.0 Å².